The first-order valence-corrected chi connectivity index (χ1v) is 26.0. The standard InChI is InChI=1S/C66H62O12/c1-67-41-19-11-35(12-20-41)53-57-49(75-9)33-51-59(55(39-27-45(71-5)31-46(28-39)72-6)65(77-51)37-15-23-43(69-3)24-16-37)63(57)62-54(36-13-21-42(68-2)22-14-36)61(53)64-58(62)50(76-10)34-52-60(64)56(40-29-47(73-7)32-48(30-40)74-8)66(78-52)38-17-25-44(70-4)26-18-38/h11-34,53-56,61-62,65-66H,1-10H3/t53-,54-,55+,56-,61+,62-,65-,66+/m0/s1. The molecular formula is C66H62O12. The topological polar surface area (TPSA) is 111 Å². The van der Waals surface area contributed by atoms with Crippen LogP contribution in [0.4, 0.5) is 0 Å². The lowest BCUT2D eigenvalue weighted by Gasteiger charge is -2.42. The van der Waals surface area contributed by atoms with Gasteiger partial charge in [0.1, 0.15) is 81.2 Å². The second-order valence-electron chi connectivity index (χ2n) is 20.1. The molecule has 0 aromatic heterocycles. The Balaban J connectivity index is 1.23. The van der Waals surface area contributed by atoms with Crippen LogP contribution in [-0.4, -0.2) is 71.1 Å². The Kier molecular flexibility index (Phi) is 13.1. The number of fused-ring (bicyclic) bond motifs is 11. The van der Waals surface area contributed by atoms with E-state index in [4.69, 9.17) is 56.8 Å². The van der Waals surface area contributed by atoms with Crippen molar-refractivity contribution in [2.75, 3.05) is 71.1 Å². The maximum Gasteiger partial charge on any atom is 0.135 e. The zero-order valence-electron chi connectivity index (χ0n) is 45.4. The van der Waals surface area contributed by atoms with Crippen molar-refractivity contribution in [3.8, 4) is 69.0 Å². The van der Waals surface area contributed by atoms with Crippen molar-refractivity contribution in [2.45, 2.75) is 47.7 Å². The van der Waals surface area contributed by atoms with Gasteiger partial charge in [-0.25, -0.2) is 0 Å². The largest absolute Gasteiger partial charge is 0.497 e. The first-order chi connectivity index (χ1) is 38.2. The van der Waals surface area contributed by atoms with Crippen LogP contribution < -0.4 is 56.8 Å². The van der Waals surface area contributed by atoms with E-state index in [1.54, 1.807) is 71.1 Å². The Morgan fingerprint density at radius 2 is 0.577 bits per heavy atom. The summed E-state index contributed by atoms with van der Waals surface area (Å²) in [5, 5.41) is 0. The Morgan fingerprint density at radius 1 is 0.244 bits per heavy atom. The van der Waals surface area contributed by atoms with Gasteiger partial charge in [0.15, 0.2) is 0 Å². The summed E-state index contributed by atoms with van der Waals surface area (Å²) in [5.41, 5.74) is 12.6. The van der Waals surface area contributed by atoms with Crippen LogP contribution in [0.15, 0.2) is 146 Å². The fourth-order valence-corrected chi connectivity index (χ4v) is 13.3. The van der Waals surface area contributed by atoms with Crippen molar-refractivity contribution in [1.82, 2.24) is 0 Å². The second-order valence-corrected chi connectivity index (χ2v) is 20.1. The third-order valence-electron chi connectivity index (χ3n) is 16.6. The van der Waals surface area contributed by atoms with E-state index in [0.717, 1.165) is 113 Å². The van der Waals surface area contributed by atoms with Gasteiger partial charge in [-0.2, -0.15) is 0 Å². The van der Waals surface area contributed by atoms with Crippen LogP contribution in [0.1, 0.15) is 114 Å². The van der Waals surface area contributed by atoms with Crippen LogP contribution in [0.2, 0.25) is 0 Å². The molecule has 8 aromatic carbocycles. The van der Waals surface area contributed by atoms with Crippen LogP contribution in [0.3, 0.4) is 0 Å². The van der Waals surface area contributed by atoms with E-state index in [1.165, 1.54) is 0 Å². The molecular weight excluding hydrogens is 985 g/mol. The van der Waals surface area contributed by atoms with E-state index < -0.39 is 12.2 Å². The van der Waals surface area contributed by atoms with Crippen molar-refractivity contribution in [3.05, 3.63) is 212 Å². The maximum atomic E-state index is 7.44. The van der Waals surface area contributed by atoms with Crippen molar-refractivity contribution in [2.24, 2.45) is 0 Å². The minimum atomic E-state index is -0.496. The lowest BCUT2D eigenvalue weighted by Crippen LogP contribution is -2.28. The lowest BCUT2D eigenvalue weighted by atomic mass is 9.60. The highest BCUT2D eigenvalue weighted by molar-refractivity contribution is 5.76. The average molecular weight is 1050 g/mol. The van der Waals surface area contributed by atoms with Crippen molar-refractivity contribution in [3.63, 3.8) is 0 Å². The minimum Gasteiger partial charge on any atom is -0.497 e. The highest BCUT2D eigenvalue weighted by Gasteiger charge is 2.59. The van der Waals surface area contributed by atoms with Gasteiger partial charge in [0.2, 0.25) is 0 Å². The Morgan fingerprint density at radius 3 is 0.936 bits per heavy atom. The van der Waals surface area contributed by atoms with Crippen LogP contribution in [0.25, 0.3) is 0 Å². The molecule has 8 aromatic rings. The molecule has 0 saturated heterocycles. The van der Waals surface area contributed by atoms with Gasteiger partial charge in [0.25, 0.3) is 0 Å². The Bertz CT molecular complexity index is 3480. The summed E-state index contributed by atoms with van der Waals surface area (Å²) in [7, 11) is 17.0. The molecule has 4 aliphatic rings. The number of rotatable bonds is 16. The quantitative estimate of drug-likeness (QED) is 0.0919. The maximum absolute atomic E-state index is 7.44. The number of methoxy groups -OCH3 is 10. The first kappa shape index (κ1) is 50.2. The molecule has 0 fully saturated rings. The third-order valence-corrected chi connectivity index (χ3v) is 16.6. The van der Waals surface area contributed by atoms with Gasteiger partial charge >= 0.3 is 0 Å². The molecule has 8 atom stereocenters. The van der Waals surface area contributed by atoms with E-state index in [9.17, 15) is 0 Å². The van der Waals surface area contributed by atoms with Crippen molar-refractivity contribution in [1.29, 1.82) is 0 Å². The molecule has 12 rings (SSSR count). The van der Waals surface area contributed by atoms with E-state index in [0.29, 0.717) is 23.0 Å². The van der Waals surface area contributed by atoms with Gasteiger partial charge in [-0.3, -0.25) is 0 Å². The molecule has 2 aliphatic carbocycles. The monoisotopic (exact) mass is 1050 g/mol. The molecule has 2 bridgehead atoms. The predicted molar refractivity (Wildman–Crippen MR) is 297 cm³/mol. The summed E-state index contributed by atoms with van der Waals surface area (Å²) in [4.78, 5) is 0. The van der Waals surface area contributed by atoms with Gasteiger partial charge in [0, 0.05) is 70.2 Å². The first-order valence-electron chi connectivity index (χ1n) is 26.0. The SMILES string of the molecule is COc1ccc([C@H]2c3c(OC)cc4c(c3[C@@H]3c5c(OC)cc6c(c5[C@H]2[C@@H]3c2ccc(OC)cc2)[C@H](c2cc(OC)cc(OC)c2)[C@@H](c2ccc(OC)cc2)O6)[C@@H](c2cc(OC)cc(OC)c2)[C@H](c2ccc(OC)cc2)O4)cc1. The van der Waals surface area contributed by atoms with E-state index in [1.807, 2.05) is 36.4 Å². The fourth-order valence-electron chi connectivity index (χ4n) is 13.3. The summed E-state index contributed by atoms with van der Waals surface area (Å²) in [6.07, 6.45) is -0.977. The Hall–Kier alpha value is -8.64. The van der Waals surface area contributed by atoms with Gasteiger partial charge in [-0.15, -0.1) is 0 Å². The number of benzene rings is 8. The van der Waals surface area contributed by atoms with Gasteiger partial charge in [0.05, 0.1) is 82.9 Å². The fraction of sp³-hybridized carbons (Fsp3) is 0.273. The molecule has 0 amide bonds. The summed E-state index contributed by atoms with van der Waals surface area (Å²) < 4.78 is 75.5. The van der Waals surface area contributed by atoms with Crippen LogP contribution in [0, 0.1) is 0 Å². The molecule has 0 N–H and O–H groups in total. The summed E-state index contributed by atoms with van der Waals surface area (Å²) in [6, 6.07) is 49.8. The predicted octanol–water partition coefficient (Wildman–Crippen LogP) is 13.5. The molecule has 0 saturated carbocycles. The minimum absolute atomic E-state index is 0.192. The third kappa shape index (κ3) is 8.10. The van der Waals surface area contributed by atoms with Gasteiger partial charge < -0.3 is 56.8 Å². The number of hydrogen-bond acceptors (Lipinski definition) is 12. The van der Waals surface area contributed by atoms with Crippen molar-refractivity contribution < 1.29 is 56.8 Å². The Labute approximate surface area is 455 Å². The highest BCUT2D eigenvalue weighted by atomic mass is 16.5. The van der Waals surface area contributed by atoms with E-state index in [2.05, 4.69) is 109 Å². The van der Waals surface area contributed by atoms with Crippen LogP contribution >= 0.6 is 0 Å². The average Bonchev–Trinajstić information content (AvgIpc) is 4.34. The van der Waals surface area contributed by atoms with Gasteiger partial charge in [-0.1, -0.05) is 48.5 Å². The molecule has 78 heavy (non-hydrogen) atoms. The lowest BCUT2D eigenvalue weighted by molar-refractivity contribution is 0.221. The van der Waals surface area contributed by atoms with Crippen molar-refractivity contribution >= 4 is 0 Å². The van der Waals surface area contributed by atoms with Crippen LogP contribution in [-0.2, 0) is 0 Å². The van der Waals surface area contributed by atoms with E-state index in [-0.39, 0.29) is 35.5 Å². The zero-order valence-corrected chi connectivity index (χ0v) is 45.4. The molecule has 2 aliphatic heterocycles. The smallest absolute Gasteiger partial charge is 0.135 e. The summed E-state index contributed by atoms with van der Waals surface area (Å²) in [6.45, 7) is 0. The van der Waals surface area contributed by atoms with Crippen LogP contribution in [0.5, 0.6) is 69.0 Å². The summed E-state index contributed by atoms with van der Waals surface area (Å²) >= 11 is 0. The number of hydrogen-bond donors (Lipinski definition) is 0. The molecule has 12 nitrogen and oxygen atoms in total. The molecule has 12 heteroatoms. The molecule has 0 radical (unpaired) electrons. The normalized spacial score (nSPS) is 20.9. The summed E-state index contributed by atoms with van der Waals surface area (Å²) in [5.74, 6) is 6.72. The molecule has 0 spiro atoms. The molecule has 0 unspecified atom stereocenters. The molecule has 398 valence electrons. The zero-order chi connectivity index (χ0) is 53.9. The molecule has 2 heterocycles. The highest BCUT2D eigenvalue weighted by Crippen LogP contribution is 2.74. The second kappa shape index (κ2) is 20.4. The number of ether oxygens (including phenoxy) is 12. The van der Waals surface area contributed by atoms with Gasteiger partial charge in [-0.05, 0) is 117 Å². The van der Waals surface area contributed by atoms with E-state index >= 15 is 0 Å².